The van der Waals surface area contributed by atoms with Gasteiger partial charge in [-0.3, -0.25) is 0 Å². The zero-order valence-electron chi connectivity index (χ0n) is 6.69. The second-order valence-electron chi connectivity index (χ2n) is 1.94. The van der Waals surface area contributed by atoms with E-state index < -0.39 is 15.0 Å². The molecular formula is C9H8N2Se. The van der Waals surface area contributed by atoms with Crippen LogP contribution in [-0.2, 0) is 0 Å². The van der Waals surface area contributed by atoms with Crippen LogP contribution in [0.5, 0.6) is 0 Å². The predicted octanol–water partition coefficient (Wildman–Crippen LogP) is 1.65. The molecule has 0 aromatic heterocycles. The Morgan fingerprint density at radius 1 is 1.08 bits per heavy atom. The summed E-state index contributed by atoms with van der Waals surface area (Å²) in [4.78, 5) is 3.44. The molecule has 0 saturated carbocycles. The molecule has 0 spiro atoms. The third kappa shape index (κ3) is 6.83. The maximum atomic E-state index is 7.62. The third-order valence-corrected chi connectivity index (χ3v) is 1.41. The van der Waals surface area contributed by atoms with Crippen molar-refractivity contribution in [1.29, 1.82) is 10.5 Å². The Hall–Kier alpha value is -1.28. The molecule has 0 N–H and O–H groups in total. The zero-order chi connectivity index (χ0) is 9.23. The van der Waals surface area contributed by atoms with Crippen LogP contribution in [0.15, 0.2) is 30.3 Å². The summed E-state index contributed by atoms with van der Waals surface area (Å²) in [5, 5.41) is 15.2. The van der Waals surface area contributed by atoms with Crippen molar-refractivity contribution in [1.82, 2.24) is 0 Å². The van der Waals surface area contributed by atoms with Crippen molar-refractivity contribution >= 4 is 15.0 Å². The quantitative estimate of drug-likeness (QED) is 0.628. The molecule has 1 rings (SSSR count). The first-order valence-electron chi connectivity index (χ1n) is 3.27. The average Bonchev–Trinajstić information content (AvgIpc) is 2.08. The second-order valence-corrected chi connectivity index (χ2v) is 3.13. The monoisotopic (exact) mass is 224 g/mol. The van der Waals surface area contributed by atoms with Crippen molar-refractivity contribution < 1.29 is 0 Å². The molecule has 0 saturated heterocycles. The molecule has 0 heterocycles. The van der Waals surface area contributed by atoms with E-state index in [1.165, 1.54) is 5.56 Å². The number of nitrogens with zero attached hydrogens (tertiary/aromatic N) is 2. The second kappa shape index (κ2) is 7.82. The van der Waals surface area contributed by atoms with E-state index >= 15 is 0 Å². The van der Waals surface area contributed by atoms with Gasteiger partial charge in [-0.15, -0.1) is 0 Å². The Kier molecular flexibility index (Phi) is 6.99. The molecule has 0 unspecified atom stereocenters. The van der Waals surface area contributed by atoms with E-state index in [-0.39, 0.29) is 0 Å². The summed E-state index contributed by atoms with van der Waals surface area (Å²) in [5.74, 6) is 0. The van der Waals surface area contributed by atoms with E-state index in [1.54, 1.807) is 9.94 Å². The topological polar surface area (TPSA) is 47.6 Å². The van der Waals surface area contributed by atoms with Gasteiger partial charge in [0.25, 0.3) is 0 Å². The summed E-state index contributed by atoms with van der Waals surface area (Å²) in [6.45, 7) is 2.08. The fraction of sp³-hybridized carbons (Fsp3) is 0.111. The number of benzene rings is 1. The molecule has 0 aliphatic heterocycles. The van der Waals surface area contributed by atoms with Crippen molar-refractivity contribution in [3.8, 4) is 9.94 Å². The number of hydrogen-bond donors (Lipinski definition) is 0. The summed E-state index contributed by atoms with van der Waals surface area (Å²) >= 11 is -0.431. The van der Waals surface area contributed by atoms with Crippen LogP contribution in [0.4, 0.5) is 0 Å². The fourth-order valence-corrected chi connectivity index (χ4v) is 0.640. The van der Waals surface area contributed by atoms with Crippen LogP contribution in [0.1, 0.15) is 5.56 Å². The summed E-state index contributed by atoms with van der Waals surface area (Å²) in [6, 6.07) is 10.3. The Labute approximate surface area is 78.6 Å². The maximum absolute atomic E-state index is 7.62. The molecule has 0 radical (unpaired) electrons. The standard InChI is InChI=1S/C7H8.C2N2Se/c1-7-5-3-2-4-6-7;3-1-5-2-4/h2-6H,1H3;. The fourth-order valence-electron chi connectivity index (χ4n) is 0.555. The van der Waals surface area contributed by atoms with Crippen LogP contribution in [0.3, 0.4) is 0 Å². The van der Waals surface area contributed by atoms with Crippen LogP contribution in [0.25, 0.3) is 0 Å². The summed E-state index contributed by atoms with van der Waals surface area (Å²) in [7, 11) is 0. The minimum absolute atomic E-state index is 0.431. The number of rotatable bonds is 0. The molecule has 1 aromatic carbocycles. The number of aryl methyl sites for hydroxylation is 1. The molecule has 0 fully saturated rings. The van der Waals surface area contributed by atoms with Crippen LogP contribution in [-0.4, -0.2) is 15.0 Å². The van der Waals surface area contributed by atoms with E-state index in [4.69, 9.17) is 10.5 Å². The van der Waals surface area contributed by atoms with Crippen molar-refractivity contribution in [3.63, 3.8) is 0 Å². The first-order chi connectivity index (χ1) is 5.81. The minimum atomic E-state index is -0.431. The van der Waals surface area contributed by atoms with Crippen molar-refractivity contribution in [2.45, 2.75) is 6.92 Å². The molecule has 1 aromatic rings. The van der Waals surface area contributed by atoms with Crippen LogP contribution < -0.4 is 0 Å². The molecule has 12 heavy (non-hydrogen) atoms. The zero-order valence-corrected chi connectivity index (χ0v) is 8.40. The Morgan fingerprint density at radius 3 is 1.75 bits per heavy atom. The molecule has 0 amide bonds. The van der Waals surface area contributed by atoms with Gasteiger partial charge in [0, 0.05) is 0 Å². The number of nitriles is 2. The summed E-state index contributed by atoms with van der Waals surface area (Å²) in [5.41, 5.74) is 1.32. The van der Waals surface area contributed by atoms with Gasteiger partial charge in [0.1, 0.15) is 0 Å². The Balaban J connectivity index is 0.000000217. The van der Waals surface area contributed by atoms with Gasteiger partial charge in [-0.25, -0.2) is 0 Å². The molecular weight excluding hydrogens is 215 g/mol. The van der Waals surface area contributed by atoms with Gasteiger partial charge in [-0.05, 0) is 6.92 Å². The van der Waals surface area contributed by atoms with E-state index in [0.717, 1.165) is 0 Å². The first kappa shape index (κ1) is 10.7. The van der Waals surface area contributed by atoms with Crippen molar-refractivity contribution in [2.75, 3.05) is 0 Å². The normalized spacial score (nSPS) is 6.92. The predicted molar refractivity (Wildman–Crippen MR) is 48.2 cm³/mol. The molecule has 0 aliphatic carbocycles. The summed E-state index contributed by atoms with van der Waals surface area (Å²) in [6.07, 6.45) is 0. The molecule has 0 bridgehead atoms. The van der Waals surface area contributed by atoms with Crippen molar-refractivity contribution in [2.24, 2.45) is 0 Å². The van der Waals surface area contributed by atoms with Gasteiger partial charge in [0.15, 0.2) is 0 Å². The van der Waals surface area contributed by atoms with E-state index in [1.807, 2.05) is 18.2 Å². The molecule has 0 atom stereocenters. The van der Waals surface area contributed by atoms with E-state index in [9.17, 15) is 0 Å². The van der Waals surface area contributed by atoms with Crippen molar-refractivity contribution in [3.05, 3.63) is 35.9 Å². The first-order valence-corrected chi connectivity index (χ1v) is 4.98. The number of hydrogen-bond acceptors (Lipinski definition) is 2. The van der Waals surface area contributed by atoms with E-state index in [2.05, 4.69) is 19.1 Å². The molecule has 3 heteroatoms. The van der Waals surface area contributed by atoms with Gasteiger partial charge in [-0.2, -0.15) is 0 Å². The molecule has 60 valence electrons. The van der Waals surface area contributed by atoms with Gasteiger partial charge in [0.2, 0.25) is 0 Å². The third-order valence-electron chi connectivity index (χ3n) is 1.03. The van der Waals surface area contributed by atoms with Gasteiger partial charge < -0.3 is 0 Å². The van der Waals surface area contributed by atoms with Crippen LogP contribution in [0.2, 0.25) is 0 Å². The van der Waals surface area contributed by atoms with E-state index in [0.29, 0.717) is 0 Å². The van der Waals surface area contributed by atoms with Crippen LogP contribution >= 0.6 is 0 Å². The average molecular weight is 223 g/mol. The van der Waals surface area contributed by atoms with Crippen LogP contribution in [0, 0.1) is 27.4 Å². The SMILES string of the molecule is Cc1ccccc1.N#C[Se]C#N. The van der Waals surface area contributed by atoms with Gasteiger partial charge in [-0.1, -0.05) is 35.9 Å². The van der Waals surface area contributed by atoms with Gasteiger partial charge >= 0.3 is 35.4 Å². The Bertz CT molecular complexity index is 270. The molecule has 2 nitrogen and oxygen atoms in total. The van der Waals surface area contributed by atoms with Gasteiger partial charge in [0.05, 0.1) is 0 Å². The molecule has 0 aliphatic rings. The Morgan fingerprint density at radius 2 is 1.58 bits per heavy atom. The summed E-state index contributed by atoms with van der Waals surface area (Å²) < 4.78 is 0.